The average molecular weight is 253 g/mol. The molecule has 0 radical (unpaired) electrons. The van der Waals surface area contributed by atoms with Crippen LogP contribution in [-0.2, 0) is 4.74 Å². The molecule has 17 heavy (non-hydrogen) atoms. The van der Waals surface area contributed by atoms with Crippen molar-refractivity contribution in [3.63, 3.8) is 0 Å². The van der Waals surface area contributed by atoms with Gasteiger partial charge in [-0.3, -0.25) is 0 Å². The summed E-state index contributed by atoms with van der Waals surface area (Å²) in [5.74, 6) is 0.740. The highest BCUT2D eigenvalue weighted by Gasteiger charge is 2.15. The number of anilines is 1. The maximum absolute atomic E-state index is 5.36. The standard InChI is InChI=1S/C12H19N3OS/c1-2-6-13-12-14-7-3-11(15-12)17-10-4-8-16-9-5-10/h3,7,10H,2,4-6,8-9H2,1H3,(H,13,14,15). The lowest BCUT2D eigenvalue weighted by atomic mass is 10.2. The van der Waals surface area contributed by atoms with Crippen LogP contribution in [0.4, 0.5) is 5.95 Å². The van der Waals surface area contributed by atoms with Crippen molar-refractivity contribution in [1.29, 1.82) is 0 Å². The van der Waals surface area contributed by atoms with Crippen LogP contribution >= 0.6 is 11.8 Å². The molecule has 1 N–H and O–H groups in total. The zero-order chi connectivity index (χ0) is 11.9. The van der Waals surface area contributed by atoms with E-state index < -0.39 is 0 Å². The first-order chi connectivity index (χ1) is 8.38. The van der Waals surface area contributed by atoms with Crippen molar-refractivity contribution in [2.24, 2.45) is 0 Å². The van der Waals surface area contributed by atoms with Crippen molar-refractivity contribution in [2.75, 3.05) is 25.1 Å². The number of aromatic nitrogens is 2. The number of nitrogens with one attached hydrogen (secondary N) is 1. The number of hydrogen-bond donors (Lipinski definition) is 1. The van der Waals surface area contributed by atoms with E-state index in [4.69, 9.17) is 4.74 Å². The zero-order valence-electron chi connectivity index (χ0n) is 10.2. The minimum atomic E-state index is 0.637. The molecule has 2 rings (SSSR count). The summed E-state index contributed by atoms with van der Waals surface area (Å²) in [5, 5.41) is 4.91. The van der Waals surface area contributed by atoms with Crippen LogP contribution in [-0.4, -0.2) is 35.0 Å². The molecule has 5 heteroatoms. The zero-order valence-corrected chi connectivity index (χ0v) is 11.0. The van der Waals surface area contributed by atoms with Gasteiger partial charge in [-0.15, -0.1) is 11.8 Å². The second-order valence-corrected chi connectivity index (χ2v) is 5.40. The van der Waals surface area contributed by atoms with Crippen LogP contribution in [0, 0.1) is 0 Å². The molecule has 1 aromatic heterocycles. The third-order valence-corrected chi connectivity index (χ3v) is 3.89. The van der Waals surface area contributed by atoms with Crippen LogP contribution < -0.4 is 5.32 Å². The quantitative estimate of drug-likeness (QED) is 0.817. The van der Waals surface area contributed by atoms with E-state index in [1.54, 1.807) is 0 Å². The predicted octanol–water partition coefficient (Wildman–Crippen LogP) is 2.57. The van der Waals surface area contributed by atoms with Crippen LogP contribution in [0.2, 0.25) is 0 Å². The fraction of sp³-hybridized carbons (Fsp3) is 0.667. The van der Waals surface area contributed by atoms with Crippen molar-refractivity contribution in [3.8, 4) is 0 Å². The van der Waals surface area contributed by atoms with Crippen LogP contribution in [0.3, 0.4) is 0 Å². The molecule has 0 aliphatic carbocycles. The summed E-state index contributed by atoms with van der Waals surface area (Å²) >= 11 is 1.84. The molecule has 1 aromatic rings. The third-order valence-electron chi connectivity index (χ3n) is 2.62. The largest absolute Gasteiger partial charge is 0.381 e. The van der Waals surface area contributed by atoms with Crippen molar-refractivity contribution < 1.29 is 4.74 Å². The SMILES string of the molecule is CCCNc1nccc(SC2CCOCC2)n1. The lowest BCUT2D eigenvalue weighted by Gasteiger charge is -2.20. The van der Waals surface area contributed by atoms with Crippen molar-refractivity contribution in [2.45, 2.75) is 36.5 Å². The topological polar surface area (TPSA) is 47.0 Å². The molecule has 0 amide bonds. The highest BCUT2D eigenvalue weighted by Crippen LogP contribution is 2.28. The first-order valence-corrected chi connectivity index (χ1v) is 7.08. The average Bonchev–Trinajstić information content (AvgIpc) is 2.38. The first kappa shape index (κ1) is 12.6. The monoisotopic (exact) mass is 253 g/mol. The van der Waals surface area contributed by atoms with Gasteiger partial charge in [0.2, 0.25) is 5.95 Å². The smallest absolute Gasteiger partial charge is 0.223 e. The molecule has 0 saturated carbocycles. The van der Waals surface area contributed by atoms with Gasteiger partial charge in [0.05, 0.1) is 0 Å². The lowest BCUT2D eigenvalue weighted by molar-refractivity contribution is 0.1000. The van der Waals surface area contributed by atoms with Gasteiger partial charge in [-0.2, -0.15) is 0 Å². The van der Waals surface area contributed by atoms with Crippen LogP contribution in [0.15, 0.2) is 17.3 Å². The summed E-state index contributed by atoms with van der Waals surface area (Å²) in [6.45, 7) is 4.81. The fourth-order valence-electron chi connectivity index (χ4n) is 1.69. The molecule has 2 heterocycles. The maximum atomic E-state index is 5.36. The van der Waals surface area contributed by atoms with E-state index >= 15 is 0 Å². The van der Waals surface area contributed by atoms with E-state index in [9.17, 15) is 0 Å². The first-order valence-electron chi connectivity index (χ1n) is 6.20. The Morgan fingerprint density at radius 3 is 3.06 bits per heavy atom. The van der Waals surface area contributed by atoms with E-state index in [1.807, 2.05) is 24.0 Å². The van der Waals surface area contributed by atoms with Gasteiger partial charge in [-0.25, -0.2) is 9.97 Å². The maximum Gasteiger partial charge on any atom is 0.223 e. The molecule has 0 spiro atoms. The fourth-order valence-corrected chi connectivity index (χ4v) is 2.74. The van der Waals surface area contributed by atoms with Crippen molar-refractivity contribution >= 4 is 17.7 Å². The molecule has 0 unspecified atom stereocenters. The minimum absolute atomic E-state index is 0.637. The molecular weight excluding hydrogens is 234 g/mol. The van der Waals surface area contributed by atoms with E-state index in [1.165, 1.54) is 0 Å². The molecular formula is C12H19N3OS. The number of ether oxygens (including phenoxy) is 1. The Morgan fingerprint density at radius 2 is 2.29 bits per heavy atom. The Hall–Kier alpha value is -0.810. The highest BCUT2D eigenvalue weighted by molar-refractivity contribution is 7.99. The summed E-state index contributed by atoms with van der Waals surface area (Å²) in [6.07, 6.45) is 5.14. The van der Waals surface area contributed by atoms with Crippen molar-refractivity contribution in [3.05, 3.63) is 12.3 Å². The predicted molar refractivity (Wildman–Crippen MR) is 70.5 cm³/mol. The van der Waals surface area contributed by atoms with Gasteiger partial charge in [0.1, 0.15) is 5.03 Å². The molecule has 94 valence electrons. The number of nitrogens with zero attached hydrogens (tertiary/aromatic N) is 2. The molecule has 1 aliphatic rings. The Kier molecular flexibility index (Phi) is 5.07. The summed E-state index contributed by atoms with van der Waals surface area (Å²) in [5.41, 5.74) is 0. The second-order valence-electron chi connectivity index (χ2n) is 4.07. The molecule has 1 fully saturated rings. The van der Waals surface area contributed by atoms with E-state index in [0.717, 1.165) is 50.0 Å². The van der Waals surface area contributed by atoms with Crippen molar-refractivity contribution in [1.82, 2.24) is 9.97 Å². The summed E-state index contributed by atoms with van der Waals surface area (Å²) < 4.78 is 5.36. The second kappa shape index (κ2) is 6.81. The Labute approximate surface area is 107 Å². The van der Waals surface area contributed by atoms with Gasteiger partial charge in [0.25, 0.3) is 0 Å². The molecule has 0 bridgehead atoms. The Balaban J connectivity index is 1.90. The Morgan fingerprint density at radius 1 is 1.47 bits per heavy atom. The molecule has 0 aromatic carbocycles. The number of hydrogen-bond acceptors (Lipinski definition) is 5. The van der Waals surface area contributed by atoms with E-state index in [-0.39, 0.29) is 0 Å². The van der Waals surface area contributed by atoms with Crippen LogP contribution in [0.5, 0.6) is 0 Å². The van der Waals surface area contributed by atoms with Gasteiger partial charge in [0.15, 0.2) is 0 Å². The number of rotatable bonds is 5. The van der Waals surface area contributed by atoms with Gasteiger partial charge >= 0.3 is 0 Å². The van der Waals surface area contributed by atoms with E-state index in [2.05, 4.69) is 22.2 Å². The summed E-state index contributed by atoms with van der Waals surface area (Å²) in [6, 6.07) is 1.98. The van der Waals surface area contributed by atoms with Gasteiger partial charge in [-0.1, -0.05) is 6.92 Å². The van der Waals surface area contributed by atoms with Crippen LogP contribution in [0.25, 0.3) is 0 Å². The minimum Gasteiger partial charge on any atom is -0.381 e. The molecule has 1 aliphatic heterocycles. The normalized spacial score (nSPS) is 17.0. The van der Waals surface area contributed by atoms with E-state index in [0.29, 0.717) is 5.25 Å². The van der Waals surface area contributed by atoms with Gasteiger partial charge in [-0.05, 0) is 25.3 Å². The summed E-state index contributed by atoms with van der Waals surface area (Å²) in [4.78, 5) is 8.71. The summed E-state index contributed by atoms with van der Waals surface area (Å²) in [7, 11) is 0. The third kappa shape index (κ3) is 4.16. The molecule has 1 saturated heterocycles. The molecule has 4 nitrogen and oxygen atoms in total. The lowest BCUT2D eigenvalue weighted by Crippen LogP contribution is -2.17. The van der Waals surface area contributed by atoms with Gasteiger partial charge in [0, 0.05) is 31.2 Å². The number of thioether (sulfide) groups is 1. The van der Waals surface area contributed by atoms with Gasteiger partial charge < -0.3 is 10.1 Å². The van der Waals surface area contributed by atoms with Crippen LogP contribution in [0.1, 0.15) is 26.2 Å². The molecule has 0 atom stereocenters. The highest BCUT2D eigenvalue weighted by atomic mass is 32.2. The Bertz CT molecular complexity index is 342.